The lowest BCUT2D eigenvalue weighted by atomic mass is 10.2. The van der Waals surface area contributed by atoms with Gasteiger partial charge in [0, 0.05) is 49.0 Å². The Bertz CT molecular complexity index is 856. The maximum Gasteiger partial charge on any atom is 0.230 e. The number of halogens is 2. The first-order valence-corrected chi connectivity index (χ1v) is 11.0. The van der Waals surface area contributed by atoms with E-state index in [1.54, 1.807) is 6.07 Å². The molecule has 1 aliphatic heterocycles. The molecule has 2 aromatic rings. The van der Waals surface area contributed by atoms with Crippen LogP contribution in [0.4, 0.5) is 11.5 Å². The second-order valence-electron chi connectivity index (χ2n) is 6.92. The molecule has 2 fully saturated rings. The van der Waals surface area contributed by atoms with Gasteiger partial charge in [-0.2, -0.15) is 0 Å². The summed E-state index contributed by atoms with van der Waals surface area (Å²) < 4.78 is 0. The highest BCUT2D eigenvalue weighted by atomic mass is 35.5. The first-order valence-electron chi connectivity index (χ1n) is 9.29. The Labute approximate surface area is 178 Å². The van der Waals surface area contributed by atoms with Gasteiger partial charge in [0.15, 0.2) is 5.16 Å². The van der Waals surface area contributed by atoms with Crippen LogP contribution in [0.2, 0.25) is 10.2 Å². The topological polar surface area (TPSA) is 61.4 Å². The number of thioether (sulfide) groups is 1. The van der Waals surface area contributed by atoms with E-state index in [-0.39, 0.29) is 5.91 Å². The lowest BCUT2D eigenvalue weighted by Crippen LogP contribution is -2.46. The minimum absolute atomic E-state index is 0.0211. The van der Waals surface area contributed by atoms with Crippen LogP contribution in [-0.4, -0.2) is 53.8 Å². The van der Waals surface area contributed by atoms with Gasteiger partial charge in [0.1, 0.15) is 11.0 Å². The van der Waals surface area contributed by atoms with Crippen molar-refractivity contribution in [2.75, 3.05) is 41.7 Å². The number of amides is 1. The van der Waals surface area contributed by atoms with Crippen molar-refractivity contribution in [2.45, 2.75) is 24.0 Å². The number of nitrogens with zero attached hydrogens (tertiary/aromatic N) is 4. The fraction of sp³-hybridized carbons (Fsp3) is 0.421. The van der Waals surface area contributed by atoms with Crippen LogP contribution in [0.15, 0.2) is 35.5 Å². The van der Waals surface area contributed by atoms with Crippen molar-refractivity contribution in [1.29, 1.82) is 0 Å². The molecule has 6 nitrogen and oxygen atoms in total. The van der Waals surface area contributed by atoms with Crippen molar-refractivity contribution >= 4 is 52.4 Å². The van der Waals surface area contributed by atoms with Gasteiger partial charge in [-0.15, -0.1) is 0 Å². The molecule has 2 heterocycles. The molecule has 2 aliphatic rings. The Morgan fingerprint density at radius 3 is 2.57 bits per heavy atom. The van der Waals surface area contributed by atoms with Gasteiger partial charge in [0.2, 0.25) is 5.91 Å². The van der Waals surface area contributed by atoms with E-state index >= 15 is 0 Å². The van der Waals surface area contributed by atoms with Crippen LogP contribution in [-0.2, 0) is 4.79 Å². The Hall–Kier alpha value is -1.70. The molecule has 0 spiro atoms. The lowest BCUT2D eigenvalue weighted by molar-refractivity contribution is -0.118. The van der Waals surface area contributed by atoms with Crippen molar-refractivity contribution in [2.24, 2.45) is 0 Å². The summed E-state index contributed by atoms with van der Waals surface area (Å²) >= 11 is 13.6. The molecule has 1 aromatic carbocycles. The molecule has 1 saturated heterocycles. The number of benzene rings is 1. The van der Waals surface area contributed by atoms with E-state index in [4.69, 9.17) is 23.2 Å². The van der Waals surface area contributed by atoms with Gasteiger partial charge in [-0.25, -0.2) is 9.97 Å². The molecule has 1 N–H and O–H groups in total. The van der Waals surface area contributed by atoms with Gasteiger partial charge in [-0.05, 0) is 31.0 Å². The summed E-state index contributed by atoms with van der Waals surface area (Å²) in [6, 6.07) is 10.1. The van der Waals surface area contributed by atoms with Crippen LogP contribution in [0, 0.1) is 0 Å². The highest BCUT2D eigenvalue weighted by molar-refractivity contribution is 7.99. The van der Waals surface area contributed by atoms with Crippen molar-refractivity contribution in [3.63, 3.8) is 0 Å². The third-order valence-corrected chi connectivity index (χ3v) is 5.99. The van der Waals surface area contributed by atoms with Crippen LogP contribution in [0.1, 0.15) is 12.8 Å². The van der Waals surface area contributed by atoms with Crippen molar-refractivity contribution < 1.29 is 4.79 Å². The Morgan fingerprint density at radius 1 is 1.11 bits per heavy atom. The Kier molecular flexibility index (Phi) is 6.13. The number of piperazine rings is 1. The number of aromatic nitrogens is 2. The fourth-order valence-electron chi connectivity index (χ4n) is 3.11. The lowest BCUT2D eigenvalue weighted by Gasteiger charge is -2.36. The second kappa shape index (κ2) is 8.76. The van der Waals surface area contributed by atoms with Gasteiger partial charge in [-0.1, -0.05) is 41.0 Å². The first kappa shape index (κ1) is 19.6. The number of hydrogen-bond donors (Lipinski definition) is 1. The standard InChI is InChI=1S/C19H21Cl2N5OS/c20-13-2-1-3-15(10-13)25-6-8-26(9-7-25)17-11-16(21)23-19(24-17)28-12-18(27)22-14-4-5-14/h1-3,10-11,14H,4-9,12H2,(H,22,27). The van der Waals surface area contributed by atoms with Crippen LogP contribution in [0.3, 0.4) is 0 Å². The summed E-state index contributed by atoms with van der Waals surface area (Å²) in [5, 5.41) is 4.64. The van der Waals surface area contributed by atoms with Gasteiger partial charge < -0.3 is 15.1 Å². The Balaban J connectivity index is 1.36. The summed E-state index contributed by atoms with van der Waals surface area (Å²) in [7, 11) is 0. The number of nitrogens with one attached hydrogen (secondary N) is 1. The number of rotatable bonds is 6. The van der Waals surface area contributed by atoms with E-state index in [1.165, 1.54) is 11.8 Å². The normalized spacial score (nSPS) is 16.9. The summed E-state index contributed by atoms with van der Waals surface area (Å²) in [5.41, 5.74) is 1.13. The van der Waals surface area contributed by atoms with E-state index in [1.807, 2.05) is 18.2 Å². The minimum atomic E-state index is 0.0211. The number of hydrogen-bond acceptors (Lipinski definition) is 6. The monoisotopic (exact) mass is 437 g/mol. The molecule has 1 aliphatic carbocycles. The molecule has 4 rings (SSSR count). The predicted octanol–water partition coefficient (Wildman–Crippen LogP) is 3.48. The zero-order valence-corrected chi connectivity index (χ0v) is 17.6. The van der Waals surface area contributed by atoms with E-state index in [9.17, 15) is 4.79 Å². The third kappa shape index (κ3) is 5.21. The molecule has 0 unspecified atom stereocenters. The largest absolute Gasteiger partial charge is 0.368 e. The number of anilines is 2. The maximum absolute atomic E-state index is 11.9. The molecule has 28 heavy (non-hydrogen) atoms. The molecule has 148 valence electrons. The molecule has 0 bridgehead atoms. The van der Waals surface area contributed by atoms with Crippen molar-refractivity contribution in [3.8, 4) is 0 Å². The smallest absolute Gasteiger partial charge is 0.230 e. The van der Waals surface area contributed by atoms with Gasteiger partial charge in [-0.3, -0.25) is 4.79 Å². The van der Waals surface area contributed by atoms with Crippen molar-refractivity contribution in [1.82, 2.24) is 15.3 Å². The van der Waals surface area contributed by atoms with Crippen molar-refractivity contribution in [3.05, 3.63) is 40.5 Å². The average Bonchev–Trinajstić information content (AvgIpc) is 3.50. The molecular formula is C19H21Cl2N5OS. The molecular weight excluding hydrogens is 417 g/mol. The summed E-state index contributed by atoms with van der Waals surface area (Å²) in [6.07, 6.45) is 2.16. The van der Waals surface area contributed by atoms with Gasteiger partial charge >= 0.3 is 0 Å². The SMILES string of the molecule is O=C(CSc1nc(Cl)cc(N2CCN(c3cccc(Cl)c3)CC2)n1)NC1CC1. The molecule has 9 heteroatoms. The molecule has 0 radical (unpaired) electrons. The van der Waals surface area contributed by atoms with Crippen LogP contribution >= 0.6 is 35.0 Å². The van der Waals surface area contributed by atoms with Crippen LogP contribution < -0.4 is 15.1 Å². The quantitative estimate of drug-likeness (QED) is 0.424. The second-order valence-corrected chi connectivity index (χ2v) is 8.68. The van der Waals surface area contributed by atoms with Gasteiger partial charge in [0.25, 0.3) is 0 Å². The van der Waals surface area contributed by atoms with E-state index in [0.29, 0.717) is 22.1 Å². The molecule has 1 amide bonds. The molecule has 1 aromatic heterocycles. The number of carbonyl (C=O) groups excluding carboxylic acids is 1. The predicted molar refractivity (Wildman–Crippen MR) is 115 cm³/mol. The fourth-order valence-corrected chi connectivity index (χ4v) is 4.18. The summed E-state index contributed by atoms with van der Waals surface area (Å²) in [5.74, 6) is 1.13. The minimum Gasteiger partial charge on any atom is -0.368 e. The highest BCUT2D eigenvalue weighted by Gasteiger charge is 2.23. The zero-order valence-electron chi connectivity index (χ0n) is 15.3. The first-order chi connectivity index (χ1) is 13.6. The summed E-state index contributed by atoms with van der Waals surface area (Å²) in [6.45, 7) is 3.39. The highest BCUT2D eigenvalue weighted by Crippen LogP contribution is 2.25. The van der Waals surface area contributed by atoms with Crippen LogP contribution in [0.25, 0.3) is 0 Å². The average molecular weight is 438 g/mol. The van der Waals surface area contributed by atoms with E-state index in [2.05, 4.69) is 31.2 Å². The molecule has 1 saturated carbocycles. The Morgan fingerprint density at radius 2 is 1.86 bits per heavy atom. The third-order valence-electron chi connectivity index (χ3n) is 4.71. The van der Waals surface area contributed by atoms with E-state index < -0.39 is 0 Å². The van der Waals surface area contributed by atoms with Crippen LogP contribution in [0.5, 0.6) is 0 Å². The zero-order chi connectivity index (χ0) is 19.5. The summed E-state index contributed by atoms with van der Waals surface area (Å²) in [4.78, 5) is 25.3. The van der Waals surface area contributed by atoms with Gasteiger partial charge in [0.05, 0.1) is 5.75 Å². The van der Waals surface area contributed by atoms with E-state index in [0.717, 1.165) is 55.5 Å². The number of carbonyl (C=O) groups is 1. The molecule has 0 atom stereocenters. The maximum atomic E-state index is 11.9.